The third kappa shape index (κ3) is 9.18. The molecule has 1 aliphatic rings. The molecular weight excluding hydrogens is 481 g/mol. The molecule has 0 saturated carbocycles. The van der Waals surface area contributed by atoms with Gasteiger partial charge in [0, 0.05) is 18.8 Å². The fraction of sp³-hybridized carbons (Fsp3) is 0.480. The van der Waals surface area contributed by atoms with Crippen molar-refractivity contribution < 1.29 is 31.5 Å². The Labute approximate surface area is 205 Å². The van der Waals surface area contributed by atoms with E-state index in [1.165, 1.54) is 23.1 Å². The van der Waals surface area contributed by atoms with E-state index >= 15 is 0 Å². The van der Waals surface area contributed by atoms with Crippen LogP contribution in [0.2, 0.25) is 0 Å². The highest BCUT2D eigenvalue weighted by atomic mass is 32.2. The summed E-state index contributed by atoms with van der Waals surface area (Å²) in [6.07, 6.45) is 1.33. The summed E-state index contributed by atoms with van der Waals surface area (Å²) in [6.45, 7) is 7.61. The van der Waals surface area contributed by atoms with Gasteiger partial charge in [0.2, 0.25) is 0 Å². The summed E-state index contributed by atoms with van der Waals surface area (Å²) in [5.41, 5.74) is 4.43. The fourth-order valence-corrected chi connectivity index (χ4v) is 4.85. The number of rotatable bonds is 8. The predicted octanol–water partition coefficient (Wildman–Crippen LogP) is 5.27. The topological polar surface area (TPSA) is 86.7 Å². The number of nitrogens with one attached hydrogen (secondary N) is 1. The van der Waals surface area contributed by atoms with Crippen molar-refractivity contribution in [2.45, 2.75) is 63.4 Å². The van der Waals surface area contributed by atoms with Crippen LogP contribution in [0.5, 0.6) is 0 Å². The molecule has 0 atom stereocenters. The molecule has 0 fully saturated rings. The minimum absolute atomic E-state index is 0.316. The number of fused-ring (bicyclic) bond motifs is 1. The monoisotopic (exact) mass is 514 g/mol. The van der Waals surface area contributed by atoms with Crippen molar-refractivity contribution in [2.75, 3.05) is 24.4 Å². The van der Waals surface area contributed by atoms with Gasteiger partial charge in [0.25, 0.3) is 10.0 Å². The molecule has 0 spiro atoms. The van der Waals surface area contributed by atoms with Crippen LogP contribution in [0.4, 0.5) is 18.9 Å². The molecule has 2 aromatic rings. The third-order valence-corrected chi connectivity index (χ3v) is 7.09. The lowest BCUT2D eigenvalue weighted by atomic mass is 10.0. The van der Waals surface area contributed by atoms with Crippen LogP contribution in [0.15, 0.2) is 47.4 Å². The minimum Gasteiger partial charge on any atom is -0.475 e. The number of sulfonamides is 1. The van der Waals surface area contributed by atoms with Crippen LogP contribution in [0.3, 0.4) is 0 Å². The first-order valence-corrected chi connectivity index (χ1v) is 13.2. The van der Waals surface area contributed by atoms with Gasteiger partial charge >= 0.3 is 12.1 Å². The molecule has 3 rings (SSSR count). The molecule has 0 bridgehead atoms. The summed E-state index contributed by atoms with van der Waals surface area (Å²) in [7, 11) is -3.57. The zero-order valence-corrected chi connectivity index (χ0v) is 20.9. The lowest BCUT2D eigenvalue weighted by molar-refractivity contribution is -0.192. The van der Waals surface area contributed by atoms with Crippen LogP contribution in [-0.4, -0.2) is 50.2 Å². The predicted molar refractivity (Wildman–Crippen MR) is 130 cm³/mol. The maximum atomic E-state index is 12.8. The number of nitrogens with zero attached hydrogens (tertiary/aromatic N) is 1. The Morgan fingerprint density at radius 1 is 1.00 bits per heavy atom. The van der Waals surface area contributed by atoms with Crippen molar-refractivity contribution in [3.63, 3.8) is 0 Å². The number of benzene rings is 2. The highest BCUT2D eigenvalue weighted by molar-refractivity contribution is 7.92. The summed E-state index contributed by atoms with van der Waals surface area (Å²) >= 11 is 0. The number of carboxylic acid groups (broad SMARTS) is 1. The van der Waals surface area contributed by atoms with Crippen LogP contribution in [0, 0.1) is 0 Å². The van der Waals surface area contributed by atoms with E-state index in [4.69, 9.17) is 9.90 Å². The SMILES string of the molecule is CCCCc1ccc(S(=O)(=O)Nc2ccc3c(c2)CCN(CCC)CC3)cc1.O=C(O)C(F)(F)F. The van der Waals surface area contributed by atoms with Crippen LogP contribution in [0.25, 0.3) is 0 Å². The van der Waals surface area contributed by atoms with Gasteiger partial charge in [0.05, 0.1) is 4.90 Å². The average molecular weight is 515 g/mol. The summed E-state index contributed by atoms with van der Waals surface area (Å²) in [5.74, 6) is -2.76. The number of alkyl halides is 3. The summed E-state index contributed by atoms with van der Waals surface area (Å²) in [6, 6.07) is 13.2. The second-order valence-electron chi connectivity index (χ2n) is 8.48. The molecule has 1 heterocycles. The van der Waals surface area contributed by atoms with Gasteiger partial charge in [0.1, 0.15) is 0 Å². The summed E-state index contributed by atoms with van der Waals surface area (Å²) < 4.78 is 60.1. The molecule has 0 unspecified atom stereocenters. The van der Waals surface area contributed by atoms with Crippen LogP contribution < -0.4 is 4.72 Å². The van der Waals surface area contributed by atoms with Crippen LogP contribution in [-0.2, 0) is 34.1 Å². The first-order chi connectivity index (χ1) is 16.5. The molecule has 0 radical (unpaired) electrons. The van der Waals surface area contributed by atoms with E-state index in [0.29, 0.717) is 10.6 Å². The first-order valence-electron chi connectivity index (χ1n) is 11.7. The smallest absolute Gasteiger partial charge is 0.475 e. The summed E-state index contributed by atoms with van der Waals surface area (Å²) in [5, 5.41) is 7.12. The molecule has 1 aliphatic heterocycles. The Bertz CT molecular complexity index is 1070. The molecule has 0 amide bonds. The van der Waals surface area contributed by atoms with Gasteiger partial charge < -0.3 is 10.0 Å². The van der Waals surface area contributed by atoms with E-state index < -0.39 is 22.2 Å². The molecule has 0 aliphatic carbocycles. The summed E-state index contributed by atoms with van der Waals surface area (Å²) in [4.78, 5) is 11.7. The highest BCUT2D eigenvalue weighted by Gasteiger charge is 2.38. The number of unbranched alkanes of at least 4 members (excludes halogenated alkanes) is 1. The van der Waals surface area contributed by atoms with Crippen molar-refractivity contribution >= 4 is 21.7 Å². The largest absolute Gasteiger partial charge is 0.490 e. The van der Waals surface area contributed by atoms with E-state index in [2.05, 4.69) is 29.5 Å². The fourth-order valence-electron chi connectivity index (χ4n) is 3.81. The van der Waals surface area contributed by atoms with E-state index in [-0.39, 0.29) is 0 Å². The van der Waals surface area contributed by atoms with Crippen LogP contribution >= 0.6 is 0 Å². The number of aliphatic carboxylic acids is 1. The number of halogens is 3. The zero-order valence-electron chi connectivity index (χ0n) is 20.1. The lowest BCUT2D eigenvalue weighted by Gasteiger charge is -2.18. The van der Waals surface area contributed by atoms with Crippen LogP contribution in [0.1, 0.15) is 49.8 Å². The van der Waals surface area contributed by atoms with Crippen molar-refractivity contribution in [3.05, 3.63) is 59.2 Å². The number of anilines is 1. The van der Waals surface area contributed by atoms with Gasteiger partial charge in [-0.1, -0.05) is 38.5 Å². The lowest BCUT2D eigenvalue weighted by Crippen LogP contribution is -2.27. The Balaban J connectivity index is 0.000000540. The van der Waals surface area contributed by atoms with E-state index in [0.717, 1.165) is 51.7 Å². The van der Waals surface area contributed by atoms with Gasteiger partial charge in [-0.15, -0.1) is 0 Å². The van der Waals surface area contributed by atoms with Gasteiger partial charge in [-0.2, -0.15) is 13.2 Å². The highest BCUT2D eigenvalue weighted by Crippen LogP contribution is 2.23. The molecule has 6 nitrogen and oxygen atoms in total. The van der Waals surface area contributed by atoms with Gasteiger partial charge in [-0.05, 0) is 79.6 Å². The molecule has 0 saturated heterocycles. The quantitative estimate of drug-likeness (QED) is 0.501. The maximum absolute atomic E-state index is 12.8. The van der Waals surface area contributed by atoms with Gasteiger partial charge in [-0.25, -0.2) is 13.2 Å². The molecule has 10 heteroatoms. The second-order valence-corrected chi connectivity index (χ2v) is 10.2. The van der Waals surface area contributed by atoms with Gasteiger partial charge in [-0.3, -0.25) is 4.72 Å². The standard InChI is InChI=1S/C23H32N2O2S.C2HF3O2/c1-3-5-6-19-7-11-23(12-8-19)28(26,27)24-22-10-9-20-13-16-25(15-4-2)17-14-21(20)18-22;3-2(4,5)1(6)7/h7-12,18,24H,3-6,13-17H2,1-2H3;(H,6,7). The van der Waals surface area contributed by atoms with Crippen molar-refractivity contribution in [1.82, 2.24) is 4.90 Å². The zero-order chi connectivity index (χ0) is 26.1. The molecular formula is C25H33F3N2O4S. The molecule has 2 N–H and O–H groups in total. The molecule has 0 aromatic heterocycles. The Morgan fingerprint density at radius 3 is 2.14 bits per heavy atom. The molecule has 35 heavy (non-hydrogen) atoms. The minimum atomic E-state index is -5.08. The first kappa shape index (κ1) is 28.6. The second kappa shape index (κ2) is 12.9. The molecule has 2 aromatic carbocycles. The van der Waals surface area contributed by atoms with Crippen molar-refractivity contribution in [3.8, 4) is 0 Å². The van der Waals surface area contributed by atoms with Crippen molar-refractivity contribution in [2.24, 2.45) is 0 Å². The Kier molecular flexibility index (Phi) is 10.6. The Hall–Kier alpha value is -2.59. The number of hydrogen-bond acceptors (Lipinski definition) is 4. The van der Waals surface area contributed by atoms with Crippen molar-refractivity contribution in [1.29, 1.82) is 0 Å². The maximum Gasteiger partial charge on any atom is 0.490 e. The Morgan fingerprint density at radius 2 is 1.60 bits per heavy atom. The van der Waals surface area contributed by atoms with E-state index in [1.54, 1.807) is 12.1 Å². The molecule has 194 valence electrons. The third-order valence-electron chi connectivity index (χ3n) is 5.69. The number of carboxylic acids is 1. The number of hydrogen-bond donors (Lipinski definition) is 2. The number of aryl methyl sites for hydroxylation is 1. The van der Waals surface area contributed by atoms with Gasteiger partial charge in [0.15, 0.2) is 0 Å². The van der Waals surface area contributed by atoms with E-state index in [9.17, 15) is 21.6 Å². The van der Waals surface area contributed by atoms with E-state index in [1.807, 2.05) is 24.3 Å². The number of carbonyl (C=O) groups is 1. The normalized spacial score (nSPS) is 14.3. The average Bonchev–Trinajstić information content (AvgIpc) is 3.00.